The summed E-state index contributed by atoms with van der Waals surface area (Å²) >= 11 is 0. The Hall–Kier alpha value is -2.40. The van der Waals surface area contributed by atoms with Crippen LogP contribution in [0.25, 0.3) is 0 Å². The SMILES string of the molecule is CO.O=C1C=CC(=O)C=C1.Oc1ccc(O)cc1. The third kappa shape index (κ3) is 6.97. The molecular formula is C13H14O5. The minimum atomic E-state index is -0.121. The van der Waals surface area contributed by atoms with E-state index in [9.17, 15) is 9.59 Å². The van der Waals surface area contributed by atoms with Gasteiger partial charge in [0.2, 0.25) is 0 Å². The fraction of sp³-hybridized carbons (Fsp3) is 0.0769. The summed E-state index contributed by atoms with van der Waals surface area (Å²) in [4.78, 5) is 20.6. The summed E-state index contributed by atoms with van der Waals surface area (Å²) in [5.74, 6) is 0.0970. The van der Waals surface area contributed by atoms with E-state index in [4.69, 9.17) is 15.3 Å². The predicted molar refractivity (Wildman–Crippen MR) is 66.2 cm³/mol. The standard InChI is InChI=1S/C6H6O2.C6H4O2.CH4O/c2*7-5-1-2-6(8)4-3-5;1-2/h1-4,7-8H;1-4H;2H,1H3. The molecule has 0 aromatic heterocycles. The van der Waals surface area contributed by atoms with Gasteiger partial charge in [0, 0.05) is 7.11 Å². The number of hydrogen-bond acceptors (Lipinski definition) is 5. The molecule has 0 bridgehead atoms. The summed E-state index contributed by atoms with van der Waals surface area (Å²) < 4.78 is 0. The van der Waals surface area contributed by atoms with Crippen LogP contribution in [0.4, 0.5) is 0 Å². The van der Waals surface area contributed by atoms with Crippen LogP contribution in [0, 0.1) is 0 Å². The summed E-state index contributed by atoms with van der Waals surface area (Å²) in [6, 6.07) is 5.70. The number of allylic oxidation sites excluding steroid dienone is 4. The number of hydrogen-bond donors (Lipinski definition) is 3. The first-order valence-electron chi connectivity index (χ1n) is 4.95. The summed E-state index contributed by atoms with van der Waals surface area (Å²) in [5.41, 5.74) is 0. The molecule has 0 heterocycles. The van der Waals surface area contributed by atoms with Crippen LogP contribution in [0.15, 0.2) is 48.6 Å². The van der Waals surface area contributed by atoms with E-state index in [1.54, 1.807) is 0 Å². The molecule has 1 aliphatic rings. The minimum absolute atomic E-state index is 0.121. The molecule has 0 atom stereocenters. The zero-order valence-corrected chi connectivity index (χ0v) is 9.78. The third-order valence-electron chi connectivity index (χ3n) is 1.67. The highest BCUT2D eigenvalue weighted by Gasteiger charge is 1.97. The highest BCUT2D eigenvalue weighted by molar-refractivity contribution is 6.14. The number of aliphatic hydroxyl groups is 1. The van der Waals surface area contributed by atoms with Crippen molar-refractivity contribution in [1.82, 2.24) is 0 Å². The van der Waals surface area contributed by atoms with E-state index >= 15 is 0 Å². The molecule has 5 heteroatoms. The number of benzene rings is 1. The molecule has 0 spiro atoms. The molecule has 0 radical (unpaired) electrons. The van der Waals surface area contributed by atoms with Gasteiger partial charge >= 0.3 is 0 Å². The smallest absolute Gasteiger partial charge is 0.178 e. The second-order valence-corrected chi connectivity index (χ2v) is 2.99. The molecule has 1 aromatic rings. The third-order valence-corrected chi connectivity index (χ3v) is 1.67. The summed E-state index contributed by atoms with van der Waals surface area (Å²) in [6.07, 6.45) is 5.01. The molecule has 18 heavy (non-hydrogen) atoms. The highest BCUT2D eigenvalue weighted by Crippen LogP contribution is 2.13. The Balaban J connectivity index is 0.000000283. The van der Waals surface area contributed by atoms with Gasteiger partial charge in [0.05, 0.1) is 0 Å². The molecular weight excluding hydrogens is 236 g/mol. The van der Waals surface area contributed by atoms with E-state index in [1.807, 2.05) is 0 Å². The second-order valence-electron chi connectivity index (χ2n) is 2.99. The van der Waals surface area contributed by atoms with Gasteiger partial charge in [-0.15, -0.1) is 0 Å². The number of aromatic hydroxyl groups is 2. The maximum absolute atomic E-state index is 10.3. The van der Waals surface area contributed by atoms with E-state index in [1.165, 1.54) is 48.6 Å². The topological polar surface area (TPSA) is 94.8 Å². The summed E-state index contributed by atoms with van der Waals surface area (Å²) in [5, 5.41) is 24.3. The molecule has 0 aliphatic heterocycles. The van der Waals surface area contributed by atoms with Crippen molar-refractivity contribution in [3.05, 3.63) is 48.6 Å². The molecule has 96 valence electrons. The lowest BCUT2D eigenvalue weighted by Crippen LogP contribution is -1.97. The van der Waals surface area contributed by atoms with Gasteiger partial charge in [-0.25, -0.2) is 0 Å². The van der Waals surface area contributed by atoms with Gasteiger partial charge in [-0.1, -0.05) is 0 Å². The molecule has 3 N–H and O–H groups in total. The molecule has 0 fully saturated rings. The highest BCUT2D eigenvalue weighted by atomic mass is 16.3. The number of rotatable bonds is 0. The maximum Gasteiger partial charge on any atom is 0.178 e. The quantitative estimate of drug-likeness (QED) is 0.471. The Morgan fingerprint density at radius 3 is 1.11 bits per heavy atom. The van der Waals surface area contributed by atoms with Crippen LogP contribution in [0.3, 0.4) is 0 Å². The first-order valence-corrected chi connectivity index (χ1v) is 4.95. The lowest BCUT2D eigenvalue weighted by atomic mass is 10.2. The van der Waals surface area contributed by atoms with Gasteiger partial charge in [-0.05, 0) is 48.6 Å². The van der Waals surface area contributed by atoms with Crippen LogP contribution in [0.1, 0.15) is 0 Å². The molecule has 1 aliphatic carbocycles. The van der Waals surface area contributed by atoms with Gasteiger partial charge in [-0.3, -0.25) is 9.59 Å². The zero-order valence-electron chi connectivity index (χ0n) is 9.78. The zero-order chi connectivity index (χ0) is 14.0. The Kier molecular flexibility index (Phi) is 7.56. The van der Waals surface area contributed by atoms with Gasteiger partial charge in [-0.2, -0.15) is 0 Å². The Morgan fingerprint density at radius 1 is 0.667 bits per heavy atom. The van der Waals surface area contributed by atoms with Crippen molar-refractivity contribution in [2.75, 3.05) is 7.11 Å². The lowest BCUT2D eigenvalue weighted by molar-refractivity contribution is -0.113. The van der Waals surface area contributed by atoms with Crippen LogP contribution >= 0.6 is 0 Å². The van der Waals surface area contributed by atoms with Gasteiger partial charge in [0.15, 0.2) is 11.6 Å². The molecule has 1 aromatic carbocycles. The van der Waals surface area contributed by atoms with Crippen molar-refractivity contribution in [1.29, 1.82) is 0 Å². The predicted octanol–water partition coefficient (Wildman–Crippen LogP) is 0.957. The van der Waals surface area contributed by atoms with E-state index in [0.717, 1.165) is 7.11 Å². The van der Waals surface area contributed by atoms with Crippen LogP contribution in [-0.4, -0.2) is 34.0 Å². The molecule has 0 saturated heterocycles. The van der Waals surface area contributed by atoms with Crippen molar-refractivity contribution in [3.63, 3.8) is 0 Å². The molecule has 0 saturated carbocycles. The van der Waals surface area contributed by atoms with Crippen molar-refractivity contribution in [3.8, 4) is 11.5 Å². The van der Waals surface area contributed by atoms with Crippen molar-refractivity contribution >= 4 is 11.6 Å². The van der Waals surface area contributed by atoms with Crippen LogP contribution in [0.2, 0.25) is 0 Å². The molecule has 0 unspecified atom stereocenters. The number of phenolic OH excluding ortho intramolecular Hbond substituents is 2. The van der Waals surface area contributed by atoms with Crippen LogP contribution < -0.4 is 0 Å². The fourth-order valence-corrected chi connectivity index (χ4v) is 0.892. The van der Waals surface area contributed by atoms with Crippen LogP contribution in [-0.2, 0) is 9.59 Å². The largest absolute Gasteiger partial charge is 0.508 e. The first-order chi connectivity index (χ1) is 8.58. The van der Waals surface area contributed by atoms with E-state index < -0.39 is 0 Å². The van der Waals surface area contributed by atoms with Crippen LogP contribution in [0.5, 0.6) is 11.5 Å². The summed E-state index contributed by atoms with van der Waals surface area (Å²) in [6.45, 7) is 0. The Bertz CT molecular complexity index is 384. The average Bonchev–Trinajstić information content (AvgIpc) is 2.40. The summed E-state index contributed by atoms with van der Waals surface area (Å²) in [7, 11) is 1.00. The Morgan fingerprint density at radius 2 is 0.889 bits per heavy atom. The normalized spacial score (nSPS) is 12.1. The first kappa shape index (κ1) is 15.6. The number of phenols is 2. The second kappa shape index (κ2) is 8.72. The van der Waals surface area contributed by atoms with E-state index in [2.05, 4.69) is 0 Å². The average molecular weight is 250 g/mol. The molecule has 2 rings (SSSR count). The lowest BCUT2D eigenvalue weighted by Gasteiger charge is -1.88. The number of carbonyl (C=O) groups excluding carboxylic acids is 2. The monoisotopic (exact) mass is 250 g/mol. The number of ketones is 2. The van der Waals surface area contributed by atoms with Gasteiger partial charge in [0.25, 0.3) is 0 Å². The van der Waals surface area contributed by atoms with Crippen molar-refractivity contribution in [2.24, 2.45) is 0 Å². The number of aliphatic hydroxyl groups excluding tert-OH is 1. The fourth-order valence-electron chi connectivity index (χ4n) is 0.892. The Labute approximate surface area is 104 Å². The van der Waals surface area contributed by atoms with Gasteiger partial charge in [0.1, 0.15) is 11.5 Å². The minimum Gasteiger partial charge on any atom is -0.508 e. The maximum atomic E-state index is 10.3. The number of carbonyl (C=O) groups is 2. The molecule has 0 amide bonds. The van der Waals surface area contributed by atoms with Crippen molar-refractivity contribution in [2.45, 2.75) is 0 Å². The van der Waals surface area contributed by atoms with E-state index in [0.29, 0.717) is 0 Å². The van der Waals surface area contributed by atoms with Crippen molar-refractivity contribution < 1.29 is 24.9 Å². The van der Waals surface area contributed by atoms with Gasteiger partial charge < -0.3 is 15.3 Å². The van der Waals surface area contributed by atoms with E-state index in [-0.39, 0.29) is 23.1 Å². The molecule has 5 nitrogen and oxygen atoms in total.